The first-order valence-electron chi connectivity index (χ1n) is 4.75. The predicted molar refractivity (Wildman–Crippen MR) is 56.6 cm³/mol. The smallest absolute Gasteiger partial charge is 0.263 e. The van der Waals surface area contributed by atoms with E-state index >= 15 is 0 Å². The number of alkyl halides is 2. The summed E-state index contributed by atoms with van der Waals surface area (Å²) in [4.78, 5) is 0. The monoisotopic (exact) mass is 209 g/mol. The second-order valence-electron chi connectivity index (χ2n) is 3.17. The molecule has 3 heteroatoms. The molecule has 0 heterocycles. The van der Waals surface area contributed by atoms with Gasteiger partial charge in [-0.2, -0.15) is 0 Å². The minimum Gasteiger partial charge on any atom is -0.312 e. The van der Waals surface area contributed by atoms with Crippen LogP contribution in [0.1, 0.15) is 24.0 Å². The largest absolute Gasteiger partial charge is 0.312 e. The Morgan fingerprint density at radius 3 is 2.47 bits per heavy atom. The van der Waals surface area contributed by atoms with Gasteiger partial charge in [-0.25, -0.2) is 8.78 Å². The molecule has 0 aliphatic heterocycles. The summed E-state index contributed by atoms with van der Waals surface area (Å²) in [5, 5.41) is 3.12. The number of terminal acetylenes is 1. The highest BCUT2D eigenvalue weighted by Crippen LogP contribution is 2.18. The highest BCUT2D eigenvalue weighted by Gasteiger charge is 2.05. The molecule has 0 amide bonds. The molecule has 0 spiro atoms. The van der Waals surface area contributed by atoms with Crippen molar-refractivity contribution in [2.24, 2.45) is 0 Å². The quantitative estimate of drug-likeness (QED) is 0.580. The number of benzene rings is 1. The topological polar surface area (TPSA) is 12.0 Å². The van der Waals surface area contributed by atoms with Crippen LogP contribution in [0.3, 0.4) is 0 Å². The van der Waals surface area contributed by atoms with Gasteiger partial charge in [-0.1, -0.05) is 24.3 Å². The molecule has 1 aromatic rings. The van der Waals surface area contributed by atoms with Gasteiger partial charge in [-0.3, -0.25) is 0 Å². The number of nitrogens with one attached hydrogen (secondary N) is 1. The molecular formula is C12H13F2N. The van der Waals surface area contributed by atoms with Gasteiger partial charge in [0.2, 0.25) is 0 Å². The lowest BCUT2D eigenvalue weighted by atomic mass is 10.1. The second-order valence-corrected chi connectivity index (χ2v) is 3.17. The van der Waals surface area contributed by atoms with Gasteiger partial charge in [0, 0.05) is 25.1 Å². The van der Waals surface area contributed by atoms with Crippen molar-refractivity contribution in [3.8, 4) is 12.3 Å². The van der Waals surface area contributed by atoms with Crippen LogP contribution in [0.15, 0.2) is 24.3 Å². The van der Waals surface area contributed by atoms with Crippen LogP contribution in [0.2, 0.25) is 0 Å². The van der Waals surface area contributed by atoms with Gasteiger partial charge in [0.05, 0.1) is 0 Å². The maximum atomic E-state index is 12.2. The van der Waals surface area contributed by atoms with Crippen LogP contribution in [-0.4, -0.2) is 6.54 Å². The molecule has 0 atom stereocenters. The molecule has 1 N–H and O–H groups in total. The average molecular weight is 209 g/mol. The highest BCUT2D eigenvalue weighted by atomic mass is 19.3. The van der Waals surface area contributed by atoms with E-state index in [-0.39, 0.29) is 5.56 Å². The lowest BCUT2D eigenvalue weighted by Gasteiger charge is -2.04. The molecule has 0 saturated carbocycles. The zero-order valence-corrected chi connectivity index (χ0v) is 8.34. The molecule has 0 fully saturated rings. The standard InChI is InChI=1S/C12H13F2N/c1-2-3-8-15-9-10-4-6-11(7-5-10)12(13)14/h1,4-7,12,15H,3,8-9H2. The molecule has 15 heavy (non-hydrogen) atoms. The summed E-state index contributed by atoms with van der Waals surface area (Å²) >= 11 is 0. The fourth-order valence-electron chi connectivity index (χ4n) is 1.17. The lowest BCUT2D eigenvalue weighted by Crippen LogP contribution is -2.13. The molecule has 0 aliphatic carbocycles. The summed E-state index contributed by atoms with van der Waals surface area (Å²) in [5.41, 5.74) is 1.04. The zero-order chi connectivity index (χ0) is 11.1. The molecule has 0 aromatic heterocycles. The van der Waals surface area contributed by atoms with Crippen LogP contribution in [0.5, 0.6) is 0 Å². The second kappa shape index (κ2) is 6.15. The van der Waals surface area contributed by atoms with Gasteiger partial charge in [-0.15, -0.1) is 12.3 Å². The van der Waals surface area contributed by atoms with Gasteiger partial charge in [0.25, 0.3) is 6.43 Å². The molecule has 1 nitrogen and oxygen atoms in total. The van der Waals surface area contributed by atoms with E-state index in [2.05, 4.69) is 11.2 Å². The first kappa shape index (κ1) is 11.7. The van der Waals surface area contributed by atoms with Gasteiger partial charge in [-0.05, 0) is 5.56 Å². The van der Waals surface area contributed by atoms with E-state index in [0.717, 1.165) is 12.1 Å². The summed E-state index contributed by atoms with van der Waals surface area (Å²) in [6, 6.07) is 6.29. The van der Waals surface area contributed by atoms with E-state index in [1.165, 1.54) is 12.1 Å². The normalized spacial score (nSPS) is 10.3. The van der Waals surface area contributed by atoms with Gasteiger partial charge in [0.15, 0.2) is 0 Å². The molecule has 0 bridgehead atoms. The minimum absolute atomic E-state index is 0.0578. The molecule has 1 aromatic carbocycles. The third-order valence-electron chi connectivity index (χ3n) is 2.01. The van der Waals surface area contributed by atoms with Gasteiger partial charge < -0.3 is 5.32 Å². The predicted octanol–water partition coefficient (Wildman–Crippen LogP) is 2.74. The van der Waals surface area contributed by atoms with Crippen molar-refractivity contribution in [3.05, 3.63) is 35.4 Å². The van der Waals surface area contributed by atoms with Crippen LogP contribution < -0.4 is 5.32 Å². The van der Waals surface area contributed by atoms with E-state index in [1.54, 1.807) is 12.1 Å². The SMILES string of the molecule is C#CCCNCc1ccc(C(F)F)cc1. The Kier molecular flexibility index (Phi) is 4.79. The number of rotatable bonds is 5. The van der Waals surface area contributed by atoms with Crippen molar-refractivity contribution in [1.82, 2.24) is 5.32 Å². The molecule has 0 radical (unpaired) electrons. The molecule has 0 saturated heterocycles. The average Bonchev–Trinajstić information content (AvgIpc) is 2.25. The van der Waals surface area contributed by atoms with Crippen molar-refractivity contribution in [1.29, 1.82) is 0 Å². The summed E-state index contributed by atoms with van der Waals surface area (Å²) in [7, 11) is 0. The first-order valence-corrected chi connectivity index (χ1v) is 4.75. The summed E-state index contributed by atoms with van der Waals surface area (Å²) in [5.74, 6) is 2.52. The van der Waals surface area contributed by atoms with Crippen LogP contribution in [0, 0.1) is 12.3 Å². The maximum Gasteiger partial charge on any atom is 0.263 e. The van der Waals surface area contributed by atoms with E-state index in [9.17, 15) is 8.78 Å². The fourth-order valence-corrected chi connectivity index (χ4v) is 1.17. The summed E-state index contributed by atoms with van der Waals surface area (Å²) in [6.07, 6.45) is 3.37. The third-order valence-corrected chi connectivity index (χ3v) is 2.01. The minimum atomic E-state index is -2.39. The maximum absolute atomic E-state index is 12.2. The van der Waals surface area contributed by atoms with Crippen LogP contribution in [0.25, 0.3) is 0 Å². The Bertz CT molecular complexity index is 324. The number of hydrogen-bond acceptors (Lipinski definition) is 1. The molecule has 0 aliphatic rings. The van der Waals surface area contributed by atoms with Crippen molar-refractivity contribution in [2.75, 3.05) is 6.54 Å². The molecule has 80 valence electrons. The fraction of sp³-hybridized carbons (Fsp3) is 0.333. The number of halogens is 2. The Balaban J connectivity index is 2.40. The van der Waals surface area contributed by atoms with Gasteiger partial charge >= 0.3 is 0 Å². The van der Waals surface area contributed by atoms with Crippen molar-refractivity contribution >= 4 is 0 Å². The van der Waals surface area contributed by atoms with Crippen LogP contribution in [0.4, 0.5) is 8.78 Å². The van der Waals surface area contributed by atoms with Crippen LogP contribution >= 0.6 is 0 Å². The third kappa shape index (κ3) is 4.09. The van der Waals surface area contributed by atoms with Crippen LogP contribution in [-0.2, 0) is 6.54 Å². The summed E-state index contributed by atoms with van der Waals surface area (Å²) < 4.78 is 24.4. The first-order chi connectivity index (χ1) is 7.24. The van der Waals surface area contributed by atoms with Gasteiger partial charge in [0.1, 0.15) is 0 Å². The summed E-state index contributed by atoms with van der Waals surface area (Å²) in [6.45, 7) is 1.40. The van der Waals surface area contributed by atoms with Crippen molar-refractivity contribution in [3.63, 3.8) is 0 Å². The van der Waals surface area contributed by atoms with E-state index in [0.29, 0.717) is 13.0 Å². The van der Waals surface area contributed by atoms with E-state index in [1.807, 2.05) is 0 Å². The molecular weight excluding hydrogens is 196 g/mol. The highest BCUT2D eigenvalue weighted by molar-refractivity contribution is 5.23. The van der Waals surface area contributed by atoms with E-state index in [4.69, 9.17) is 6.42 Å². The Morgan fingerprint density at radius 1 is 1.27 bits per heavy atom. The molecule has 1 rings (SSSR count). The number of hydrogen-bond donors (Lipinski definition) is 1. The Hall–Kier alpha value is -1.40. The van der Waals surface area contributed by atoms with E-state index < -0.39 is 6.43 Å². The van der Waals surface area contributed by atoms with Crippen molar-refractivity contribution in [2.45, 2.75) is 19.4 Å². The zero-order valence-electron chi connectivity index (χ0n) is 8.34. The molecule has 0 unspecified atom stereocenters. The Labute approximate surface area is 88.5 Å². The lowest BCUT2D eigenvalue weighted by molar-refractivity contribution is 0.151. The van der Waals surface area contributed by atoms with Crippen molar-refractivity contribution < 1.29 is 8.78 Å². The Morgan fingerprint density at radius 2 is 1.93 bits per heavy atom.